The molecule has 1 N–H and O–H groups in total. The predicted molar refractivity (Wildman–Crippen MR) is 49.0 cm³/mol. The molecule has 4 nitrogen and oxygen atoms in total. The first-order valence-electron chi connectivity index (χ1n) is 3.89. The fourth-order valence-electron chi connectivity index (χ4n) is 1.12. The molecule has 2 aromatic heterocycles. The Morgan fingerprint density at radius 3 is 3.23 bits per heavy atom. The van der Waals surface area contributed by atoms with E-state index in [1.165, 1.54) is 11.3 Å². The van der Waals surface area contributed by atoms with Crippen molar-refractivity contribution >= 4 is 22.3 Å². The highest BCUT2D eigenvalue weighted by Gasteiger charge is 2.04. The number of carboxylic acid groups (broad SMARTS) is 1. The number of carboxylic acids is 1. The molecule has 0 radical (unpaired) electrons. The molecule has 0 saturated heterocycles. The molecule has 0 aromatic carbocycles. The number of aromatic nitrogens is 2. The zero-order valence-electron chi connectivity index (χ0n) is 6.80. The van der Waals surface area contributed by atoms with E-state index in [4.69, 9.17) is 5.11 Å². The number of thiazole rings is 1. The SMILES string of the molecule is O=C(O)CCc1cn2ccnc2s1. The summed E-state index contributed by atoms with van der Waals surface area (Å²) in [7, 11) is 0. The van der Waals surface area contributed by atoms with E-state index in [2.05, 4.69) is 4.98 Å². The molecular formula is C8H8N2O2S. The van der Waals surface area contributed by atoms with Gasteiger partial charge >= 0.3 is 5.97 Å². The number of fused-ring (bicyclic) bond motifs is 1. The van der Waals surface area contributed by atoms with Gasteiger partial charge in [0.1, 0.15) is 0 Å². The highest BCUT2D eigenvalue weighted by molar-refractivity contribution is 7.17. The van der Waals surface area contributed by atoms with Gasteiger partial charge in [0.25, 0.3) is 0 Å². The Hall–Kier alpha value is -1.36. The van der Waals surface area contributed by atoms with Gasteiger partial charge in [0.15, 0.2) is 4.96 Å². The van der Waals surface area contributed by atoms with Crippen LogP contribution < -0.4 is 0 Å². The average Bonchev–Trinajstić information content (AvgIpc) is 2.58. The molecule has 2 aromatic rings. The van der Waals surface area contributed by atoms with Crippen molar-refractivity contribution in [2.24, 2.45) is 0 Å². The van der Waals surface area contributed by atoms with E-state index in [0.717, 1.165) is 9.84 Å². The van der Waals surface area contributed by atoms with Gasteiger partial charge in [0.05, 0.1) is 6.42 Å². The first-order chi connectivity index (χ1) is 6.25. The van der Waals surface area contributed by atoms with Gasteiger partial charge in [-0.1, -0.05) is 0 Å². The molecule has 0 fully saturated rings. The number of hydrogen-bond donors (Lipinski definition) is 1. The minimum absolute atomic E-state index is 0.184. The van der Waals surface area contributed by atoms with Crippen molar-refractivity contribution in [2.75, 3.05) is 0 Å². The lowest BCUT2D eigenvalue weighted by atomic mass is 10.3. The maximum absolute atomic E-state index is 10.3. The normalized spacial score (nSPS) is 10.8. The van der Waals surface area contributed by atoms with Gasteiger partial charge in [0.2, 0.25) is 0 Å². The number of nitrogens with zero attached hydrogens (tertiary/aromatic N) is 2. The molecule has 0 atom stereocenters. The van der Waals surface area contributed by atoms with Crippen molar-refractivity contribution in [3.05, 3.63) is 23.5 Å². The van der Waals surface area contributed by atoms with Crippen molar-refractivity contribution in [3.8, 4) is 0 Å². The van der Waals surface area contributed by atoms with E-state index in [0.29, 0.717) is 6.42 Å². The van der Waals surface area contributed by atoms with Crippen LogP contribution in [0.15, 0.2) is 18.6 Å². The number of rotatable bonds is 3. The molecule has 13 heavy (non-hydrogen) atoms. The summed E-state index contributed by atoms with van der Waals surface area (Å²) in [5.74, 6) is -0.758. The van der Waals surface area contributed by atoms with Crippen molar-refractivity contribution in [1.29, 1.82) is 0 Å². The standard InChI is InChI=1S/C8H8N2O2S/c11-7(12)2-1-6-5-10-4-3-9-8(10)13-6/h3-5H,1-2H2,(H,11,12). The second-order valence-electron chi connectivity index (χ2n) is 2.71. The zero-order chi connectivity index (χ0) is 9.26. The largest absolute Gasteiger partial charge is 0.481 e. The fraction of sp³-hybridized carbons (Fsp3) is 0.250. The molecule has 0 unspecified atom stereocenters. The monoisotopic (exact) mass is 196 g/mol. The number of aryl methyl sites for hydroxylation is 1. The Morgan fingerprint density at radius 1 is 1.69 bits per heavy atom. The van der Waals surface area contributed by atoms with Gasteiger partial charge in [-0.25, -0.2) is 4.98 Å². The second-order valence-corrected chi connectivity index (χ2v) is 3.80. The van der Waals surface area contributed by atoms with Crippen LogP contribution in [0.3, 0.4) is 0 Å². The summed E-state index contributed by atoms with van der Waals surface area (Å²) < 4.78 is 1.90. The summed E-state index contributed by atoms with van der Waals surface area (Å²) in [4.78, 5) is 16.4. The highest BCUT2D eigenvalue weighted by Crippen LogP contribution is 2.17. The molecule has 0 aliphatic rings. The van der Waals surface area contributed by atoms with E-state index in [9.17, 15) is 4.79 Å². The van der Waals surface area contributed by atoms with Crippen molar-refractivity contribution < 1.29 is 9.90 Å². The van der Waals surface area contributed by atoms with E-state index >= 15 is 0 Å². The maximum atomic E-state index is 10.3. The van der Waals surface area contributed by atoms with E-state index in [1.807, 2.05) is 16.8 Å². The molecule has 0 amide bonds. The molecule has 2 rings (SSSR count). The lowest BCUT2D eigenvalue weighted by Gasteiger charge is -1.89. The molecule has 0 bridgehead atoms. The van der Waals surface area contributed by atoms with Crippen LogP contribution in [-0.2, 0) is 11.2 Å². The van der Waals surface area contributed by atoms with Gasteiger partial charge in [-0.05, 0) is 6.42 Å². The van der Waals surface area contributed by atoms with Gasteiger partial charge in [-0.3, -0.25) is 9.20 Å². The number of imidazole rings is 1. The van der Waals surface area contributed by atoms with Crippen LogP contribution >= 0.6 is 11.3 Å². The Bertz CT molecular complexity index is 403. The van der Waals surface area contributed by atoms with Crippen LogP contribution in [0.4, 0.5) is 0 Å². The van der Waals surface area contributed by atoms with Crippen molar-refractivity contribution in [2.45, 2.75) is 12.8 Å². The molecule has 0 spiro atoms. The molecule has 0 aliphatic carbocycles. The Morgan fingerprint density at radius 2 is 2.54 bits per heavy atom. The Kier molecular flexibility index (Phi) is 2.02. The topological polar surface area (TPSA) is 54.6 Å². The third-order valence-electron chi connectivity index (χ3n) is 1.72. The lowest BCUT2D eigenvalue weighted by Crippen LogP contribution is -1.95. The molecule has 68 valence electrons. The summed E-state index contributed by atoms with van der Waals surface area (Å²) in [5, 5.41) is 8.48. The molecule has 0 aliphatic heterocycles. The molecule has 2 heterocycles. The quantitative estimate of drug-likeness (QED) is 0.807. The van der Waals surface area contributed by atoms with Crippen molar-refractivity contribution in [1.82, 2.24) is 9.38 Å². The fourth-order valence-corrected chi connectivity index (χ4v) is 2.06. The average molecular weight is 196 g/mol. The summed E-state index contributed by atoms with van der Waals surface area (Å²) >= 11 is 1.53. The summed E-state index contributed by atoms with van der Waals surface area (Å²) in [6.07, 6.45) is 6.28. The van der Waals surface area contributed by atoms with E-state index in [1.54, 1.807) is 6.20 Å². The highest BCUT2D eigenvalue weighted by atomic mass is 32.1. The van der Waals surface area contributed by atoms with E-state index < -0.39 is 5.97 Å². The van der Waals surface area contributed by atoms with Crippen LogP contribution in [-0.4, -0.2) is 20.5 Å². The van der Waals surface area contributed by atoms with Gasteiger partial charge < -0.3 is 5.11 Å². The lowest BCUT2D eigenvalue weighted by molar-refractivity contribution is -0.136. The van der Waals surface area contributed by atoms with Crippen LogP contribution in [0.25, 0.3) is 4.96 Å². The maximum Gasteiger partial charge on any atom is 0.303 e. The minimum Gasteiger partial charge on any atom is -0.481 e. The van der Waals surface area contributed by atoms with E-state index in [-0.39, 0.29) is 6.42 Å². The third-order valence-corrected chi connectivity index (χ3v) is 2.79. The molecule has 5 heteroatoms. The summed E-state index contributed by atoms with van der Waals surface area (Å²) in [5.41, 5.74) is 0. The second kappa shape index (κ2) is 3.18. The zero-order valence-corrected chi connectivity index (χ0v) is 7.62. The van der Waals surface area contributed by atoms with Crippen molar-refractivity contribution in [3.63, 3.8) is 0 Å². The Balaban J connectivity index is 2.15. The van der Waals surface area contributed by atoms with Crippen LogP contribution in [0.5, 0.6) is 0 Å². The summed E-state index contributed by atoms with van der Waals surface area (Å²) in [6.45, 7) is 0. The predicted octanol–water partition coefficient (Wildman–Crippen LogP) is 1.41. The molecular weight excluding hydrogens is 188 g/mol. The number of hydrogen-bond acceptors (Lipinski definition) is 3. The number of carbonyl (C=O) groups is 1. The van der Waals surface area contributed by atoms with Gasteiger partial charge in [-0.15, -0.1) is 11.3 Å². The summed E-state index contributed by atoms with van der Waals surface area (Å²) in [6, 6.07) is 0. The third kappa shape index (κ3) is 1.70. The van der Waals surface area contributed by atoms with Gasteiger partial charge in [-0.2, -0.15) is 0 Å². The molecule has 0 saturated carbocycles. The smallest absolute Gasteiger partial charge is 0.303 e. The van der Waals surface area contributed by atoms with Crippen LogP contribution in [0, 0.1) is 0 Å². The first kappa shape index (κ1) is 8.25. The Labute approximate surface area is 78.5 Å². The van der Waals surface area contributed by atoms with Gasteiger partial charge in [0, 0.05) is 23.5 Å². The minimum atomic E-state index is -0.758. The van der Waals surface area contributed by atoms with Crippen LogP contribution in [0.2, 0.25) is 0 Å². The number of aliphatic carboxylic acids is 1. The van der Waals surface area contributed by atoms with Crippen LogP contribution in [0.1, 0.15) is 11.3 Å². The first-order valence-corrected chi connectivity index (χ1v) is 4.70.